The monoisotopic (exact) mass is 294 g/mol. The summed E-state index contributed by atoms with van der Waals surface area (Å²) in [6.07, 6.45) is 1.72. The second-order valence-corrected chi connectivity index (χ2v) is 4.66. The Morgan fingerprint density at radius 2 is 2.25 bits per heavy atom. The van der Waals surface area contributed by atoms with Crippen molar-refractivity contribution in [1.82, 2.24) is 20.1 Å². The van der Waals surface area contributed by atoms with Crippen LogP contribution in [0.5, 0.6) is 0 Å². The summed E-state index contributed by atoms with van der Waals surface area (Å²) in [6, 6.07) is 3.01. The predicted molar refractivity (Wildman–Crippen MR) is 76.2 cm³/mol. The molecule has 7 nitrogen and oxygen atoms in total. The summed E-state index contributed by atoms with van der Waals surface area (Å²) in [4.78, 5) is 16.0. The van der Waals surface area contributed by atoms with Crippen LogP contribution in [0, 0.1) is 6.92 Å². The maximum atomic E-state index is 12.1. The van der Waals surface area contributed by atoms with E-state index in [4.69, 9.17) is 17.4 Å². The minimum Gasteiger partial charge on any atom is -0.348 e. The molecule has 0 radical (unpaired) electrons. The SMILES string of the molecule is Cc1c(CNC(=O)c2cc(Cl)nc(NN)c2)cnn1C. The van der Waals surface area contributed by atoms with Crippen LogP contribution in [-0.4, -0.2) is 20.7 Å². The van der Waals surface area contributed by atoms with Gasteiger partial charge in [-0.1, -0.05) is 11.6 Å². The second-order valence-electron chi connectivity index (χ2n) is 4.27. The molecule has 0 aliphatic rings. The molecule has 8 heteroatoms. The van der Waals surface area contributed by atoms with Crippen LogP contribution < -0.4 is 16.6 Å². The number of carbonyl (C=O) groups excluding carboxylic acids is 1. The van der Waals surface area contributed by atoms with E-state index in [1.807, 2.05) is 14.0 Å². The second kappa shape index (κ2) is 5.89. The van der Waals surface area contributed by atoms with E-state index in [0.717, 1.165) is 11.3 Å². The van der Waals surface area contributed by atoms with Crippen LogP contribution in [0.3, 0.4) is 0 Å². The summed E-state index contributed by atoms with van der Waals surface area (Å²) in [5, 5.41) is 7.11. The molecule has 0 saturated carbocycles. The highest BCUT2D eigenvalue weighted by molar-refractivity contribution is 6.29. The predicted octanol–water partition coefficient (Wildman–Crippen LogP) is 0.993. The van der Waals surface area contributed by atoms with Crippen molar-refractivity contribution in [2.45, 2.75) is 13.5 Å². The Morgan fingerprint density at radius 3 is 2.85 bits per heavy atom. The van der Waals surface area contributed by atoms with Gasteiger partial charge >= 0.3 is 0 Å². The molecule has 106 valence electrons. The molecular formula is C12H15ClN6O. The summed E-state index contributed by atoms with van der Waals surface area (Å²) in [5.41, 5.74) is 4.71. The van der Waals surface area contributed by atoms with E-state index in [2.05, 4.69) is 20.8 Å². The molecule has 0 saturated heterocycles. The average Bonchev–Trinajstić information content (AvgIpc) is 2.75. The zero-order valence-electron chi connectivity index (χ0n) is 11.1. The molecule has 1 amide bonds. The smallest absolute Gasteiger partial charge is 0.251 e. The number of nitrogens with two attached hydrogens (primary N) is 1. The van der Waals surface area contributed by atoms with E-state index in [9.17, 15) is 4.79 Å². The highest BCUT2D eigenvalue weighted by atomic mass is 35.5. The molecule has 2 aromatic heterocycles. The van der Waals surface area contributed by atoms with E-state index in [-0.39, 0.29) is 11.1 Å². The maximum absolute atomic E-state index is 12.1. The number of halogens is 1. The van der Waals surface area contributed by atoms with Crippen LogP contribution in [0.4, 0.5) is 5.82 Å². The van der Waals surface area contributed by atoms with Gasteiger partial charge in [-0.05, 0) is 19.1 Å². The van der Waals surface area contributed by atoms with Crippen molar-refractivity contribution in [3.05, 3.63) is 40.3 Å². The highest BCUT2D eigenvalue weighted by Crippen LogP contribution is 2.14. The minimum atomic E-state index is -0.256. The van der Waals surface area contributed by atoms with Gasteiger partial charge in [0.2, 0.25) is 0 Å². The summed E-state index contributed by atoms with van der Waals surface area (Å²) in [7, 11) is 1.85. The summed E-state index contributed by atoms with van der Waals surface area (Å²) in [5.74, 6) is 5.34. The summed E-state index contributed by atoms with van der Waals surface area (Å²) >= 11 is 5.82. The molecule has 0 unspecified atom stereocenters. The van der Waals surface area contributed by atoms with Gasteiger partial charge in [-0.25, -0.2) is 10.8 Å². The van der Waals surface area contributed by atoms with Gasteiger partial charge in [0.05, 0.1) is 6.20 Å². The number of nitrogens with zero attached hydrogens (tertiary/aromatic N) is 3. The van der Waals surface area contributed by atoms with Crippen molar-refractivity contribution >= 4 is 23.3 Å². The van der Waals surface area contributed by atoms with Crippen molar-refractivity contribution in [2.24, 2.45) is 12.9 Å². The van der Waals surface area contributed by atoms with E-state index in [1.54, 1.807) is 10.9 Å². The van der Waals surface area contributed by atoms with Crippen molar-refractivity contribution in [3.8, 4) is 0 Å². The zero-order valence-corrected chi connectivity index (χ0v) is 11.9. The average molecular weight is 295 g/mol. The molecule has 0 aromatic carbocycles. The molecule has 0 fully saturated rings. The van der Waals surface area contributed by atoms with Gasteiger partial charge in [0.1, 0.15) is 11.0 Å². The summed E-state index contributed by atoms with van der Waals surface area (Å²) < 4.78 is 1.75. The number of hydrazine groups is 1. The summed E-state index contributed by atoms with van der Waals surface area (Å²) in [6.45, 7) is 2.33. The third-order valence-corrected chi connectivity index (χ3v) is 3.17. The molecule has 0 spiro atoms. The molecule has 2 aromatic rings. The molecule has 4 N–H and O–H groups in total. The number of carbonyl (C=O) groups is 1. The van der Waals surface area contributed by atoms with Gasteiger partial charge in [-0.2, -0.15) is 5.10 Å². The lowest BCUT2D eigenvalue weighted by molar-refractivity contribution is 0.0951. The molecule has 0 bridgehead atoms. The van der Waals surface area contributed by atoms with E-state index < -0.39 is 0 Å². The highest BCUT2D eigenvalue weighted by Gasteiger charge is 2.10. The number of hydrogen-bond donors (Lipinski definition) is 3. The first kappa shape index (κ1) is 14.3. The Labute approximate surface area is 121 Å². The van der Waals surface area contributed by atoms with E-state index >= 15 is 0 Å². The molecule has 20 heavy (non-hydrogen) atoms. The molecule has 0 aliphatic carbocycles. The Balaban J connectivity index is 2.09. The first-order valence-electron chi connectivity index (χ1n) is 5.91. The number of pyridine rings is 1. The Kier molecular flexibility index (Phi) is 4.21. The fourth-order valence-electron chi connectivity index (χ4n) is 1.70. The Morgan fingerprint density at radius 1 is 1.50 bits per heavy atom. The first-order chi connectivity index (χ1) is 9.51. The molecule has 0 atom stereocenters. The lowest BCUT2D eigenvalue weighted by atomic mass is 10.2. The Bertz CT molecular complexity index is 639. The normalized spacial score (nSPS) is 10.4. The lowest BCUT2D eigenvalue weighted by Crippen LogP contribution is -2.23. The van der Waals surface area contributed by atoms with Crippen LogP contribution in [-0.2, 0) is 13.6 Å². The van der Waals surface area contributed by atoms with E-state index in [1.165, 1.54) is 12.1 Å². The number of hydrogen-bond acceptors (Lipinski definition) is 5. The quantitative estimate of drug-likeness (QED) is 0.444. The molecule has 2 heterocycles. The lowest BCUT2D eigenvalue weighted by Gasteiger charge is -2.07. The van der Waals surface area contributed by atoms with Crippen molar-refractivity contribution in [2.75, 3.05) is 5.43 Å². The van der Waals surface area contributed by atoms with Crippen LogP contribution >= 0.6 is 11.6 Å². The number of rotatable bonds is 4. The molecule has 2 rings (SSSR count). The van der Waals surface area contributed by atoms with Crippen LogP contribution in [0.25, 0.3) is 0 Å². The number of aryl methyl sites for hydroxylation is 1. The maximum Gasteiger partial charge on any atom is 0.251 e. The van der Waals surface area contributed by atoms with Gasteiger partial charge in [0, 0.05) is 30.4 Å². The van der Waals surface area contributed by atoms with Crippen molar-refractivity contribution < 1.29 is 4.79 Å². The zero-order chi connectivity index (χ0) is 14.7. The number of nitrogen functional groups attached to an aromatic ring is 1. The number of amides is 1. The van der Waals surface area contributed by atoms with E-state index in [0.29, 0.717) is 17.9 Å². The van der Waals surface area contributed by atoms with Crippen molar-refractivity contribution in [1.29, 1.82) is 0 Å². The van der Waals surface area contributed by atoms with Gasteiger partial charge in [-0.3, -0.25) is 9.48 Å². The third kappa shape index (κ3) is 3.06. The van der Waals surface area contributed by atoms with Gasteiger partial charge in [-0.15, -0.1) is 0 Å². The largest absolute Gasteiger partial charge is 0.348 e. The molecule has 0 aliphatic heterocycles. The Hall–Kier alpha value is -2.12. The van der Waals surface area contributed by atoms with Gasteiger partial charge in [0.25, 0.3) is 5.91 Å². The number of aromatic nitrogens is 3. The van der Waals surface area contributed by atoms with Crippen LogP contribution in [0.15, 0.2) is 18.3 Å². The van der Waals surface area contributed by atoms with Crippen LogP contribution in [0.1, 0.15) is 21.6 Å². The van der Waals surface area contributed by atoms with Gasteiger partial charge in [0.15, 0.2) is 0 Å². The van der Waals surface area contributed by atoms with Gasteiger partial charge < -0.3 is 10.7 Å². The topological polar surface area (TPSA) is 97.9 Å². The minimum absolute atomic E-state index is 0.197. The fourth-order valence-corrected chi connectivity index (χ4v) is 1.91. The first-order valence-corrected chi connectivity index (χ1v) is 6.29. The fraction of sp³-hybridized carbons (Fsp3) is 0.250. The van der Waals surface area contributed by atoms with Crippen LogP contribution in [0.2, 0.25) is 5.15 Å². The number of anilines is 1. The number of nitrogens with one attached hydrogen (secondary N) is 2. The molecular weight excluding hydrogens is 280 g/mol. The van der Waals surface area contributed by atoms with Crippen molar-refractivity contribution in [3.63, 3.8) is 0 Å². The standard InChI is InChI=1S/C12H15ClN6O/c1-7-9(6-16-19(7)2)5-15-12(20)8-3-10(13)17-11(4-8)18-14/h3-4,6H,5,14H2,1-2H3,(H,15,20)(H,17,18). The third-order valence-electron chi connectivity index (χ3n) is 2.98.